The fourth-order valence-corrected chi connectivity index (χ4v) is 5.78. The molecule has 1 aliphatic rings. The van der Waals surface area contributed by atoms with Gasteiger partial charge in [0.2, 0.25) is 5.91 Å². The number of aromatic amines is 1. The van der Waals surface area contributed by atoms with E-state index in [-0.39, 0.29) is 28.1 Å². The van der Waals surface area contributed by atoms with Gasteiger partial charge in [0.15, 0.2) is 6.10 Å². The third-order valence-corrected chi connectivity index (χ3v) is 8.20. The van der Waals surface area contributed by atoms with Crippen molar-refractivity contribution in [3.63, 3.8) is 0 Å². The zero-order valence-corrected chi connectivity index (χ0v) is 25.8. The number of rotatable bonds is 7. The number of thioether (sulfide) groups is 1. The standard InChI is InChI=1S/C33H37N3O5S/c1-18(40-20-10-8-19(9-11-20)14-27-30(38)36-31(39)42-27)29-34-25-13-12-21(17-26(25)35-29)41-22-15-23(32(2,3)4)28(37)24(16-22)33(5,6)7/h8-13,15-18,27,37H,14H2,1-7H3,(H,34,35)(H,36,38,39). The molecule has 0 bridgehead atoms. The Bertz CT molecular complexity index is 1610. The van der Waals surface area contributed by atoms with Crippen LogP contribution in [0.4, 0.5) is 4.79 Å². The monoisotopic (exact) mass is 587 g/mol. The zero-order valence-electron chi connectivity index (χ0n) is 25.0. The summed E-state index contributed by atoms with van der Waals surface area (Å²) in [7, 11) is 0. The van der Waals surface area contributed by atoms with Crippen LogP contribution < -0.4 is 14.8 Å². The van der Waals surface area contributed by atoms with Crippen molar-refractivity contribution < 1.29 is 24.2 Å². The van der Waals surface area contributed by atoms with E-state index >= 15 is 0 Å². The van der Waals surface area contributed by atoms with Gasteiger partial charge in [0, 0.05) is 17.2 Å². The minimum Gasteiger partial charge on any atom is -0.507 e. The van der Waals surface area contributed by atoms with E-state index in [2.05, 4.69) is 51.8 Å². The van der Waals surface area contributed by atoms with Gasteiger partial charge in [0.1, 0.15) is 28.8 Å². The predicted octanol–water partition coefficient (Wildman–Crippen LogP) is 7.69. The highest BCUT2D eigenvalue weighted by Gasteiger charge is 2.31. The van der Waals surface area contributed by atoms with Crippen molar-refractivity contribution in [1.82, 2.24) is 15.3 Å². The number of hydrogen-bond acceptors (Lipinski definition) is 7. The van der Waals surface area contributed by atoms with Gasteiger partial charge in [-0.3, -0.25) is 14.9 Å². The molecule has 220 valence electrons. The van der Waals surface area contributed by atoms with Crippen molar-refractivity contribution in [3.8, 4) is 23.0 Å². The quantitative estimate of drug-likeness (QED) is 0.203. The number of aromatic hydroxyl groups is 1. The third kappa shape index (κ3) is 6.41. The number of carbonyl (C=O) groups excluding carboxylic acids is 2. The average molecular weight is 588 g/mol. The lowest BCUT2D eigenvalue weighted by Crippen LogP contribution is -2.25. The fourth-order valence-electron chi connectivity index (χ4n) is 4.92. The average Bonchev–Trinajstić information content (AvgIpc) is 3.46. The van der Waals surface area contributed by atoms with Gasteiger partial charge in [0.05, 0.1) is 16.3 Å². The van der Waals surface area contributed by atoms with Crippen molar-refractivity contribution in [2.45, 2.75) is 77.1 Å². The molecule has 2 amide bonds. The number of aromatic nitrogens is 2. The Morgan fingerprint density at radius 2 is 1.52 bits per heavy atom. The lowest BCUT2D eigenvalue weighted by molar-refractivity contribution is -0.118. The Morgan fingerprint density at radius 1 is 0.905 bits per heavy atom. The first kappa shape index (κ1) is 29.5. The van der Waals surface area contributed by atoms with Gasteiger partial charge in [-0.05, 0) is 66.1 Å². The van der Waals surface area contributed by atoms with Crippen LogP contribution in [0.15, 0.2) is 54.6 Å². The van der Waals surface area contributed by atoms with E-state index in [1.54, 1.807) is 0 Å². The molecule has 3 N–H and O–H groups in total. The largest absolute Gasteiger partial charge is 0.507 e. The second-order valence-corrected chi connectivity index (χ2v) is 13.9. The first-order chi connectivity index (χ1) is 19.7. The molecular formula is C33H37N3O5S. The van der Waals surface area contributed by atoms with Crippen molar-refractivity contribution in [3.05, 3.63) is 77.1 Å². The van der Waals surface area contributed by atoms with Crippen LogP contribution in [0.1, 0.15) is 77.1 Å². The SMILES string of the molecule is CC(Oc1ccc(CC2SC(=O)NC2=O)cc1)c1nc2ccc(Oc3cc(C(C)(C)C)c(O)c(C(C)(C)C)c3)cc2[nH]1. The number of phenolic OH excluding ortho intramolecular Hbond substituents is 1. The van der Waals surface area contributed by atoms with Gasteiger partial charge in [-0.25, -0.2) is 4.98 Å². The molecule has 2 heterocycles. The predicted molar refractivity (Wildman–Crippen MR) is 166 cm³/mol. The summed E-state index contributed by atoms with van der Waals surface area (Å²) in [5.74, 6) is 2.75. The molecule has 1 aliphatic heterocycles. The van der Waals surface area contributed by atoms with Gasteiger partial charge in [-0.1, -0.05) is 65.4 Å². The second kappa shape index (κ2) is 11.0. The molecule has 5 rings (SSSR count). The summed E-state index contributed by atoms with van der Waals surface area (Å²) in [6.45, 7) is 14.4. The Morgan fingerprint density at radius 3 is 2.10 bits per heavy atom. The number of hydrogen-bond donors (Lipinski definition) is 3. The maximum absolute atomic E-state index is 11.9. The van der Waals surface area contributed by atoms with Crippen LogP contribution in [0.2, 0.25) is 0 Å². The van der Waals surface area contributed by atoms with E-state index in [0.717, 1.165) is 39.5 Å². The summed E-state index contributed by atoms with van der Waals surface area (Å²) in [6, 6.07) is 17.0. The van der Waals surface area contributed by atoms with Crippen molar-refractivity contribution in [2.24, 2.45) is 0 Å². The fraction of sp³-hybridized carbons (Fsp3) is 0.364. The van der Waals surface area contributed by atoms with E-state index in [9.17, 15) is 14.7 Å². The van der Waals surface area contributed by atoms with Crippen molar-refractivity contribution in [1.29, 1.82) is 0 Å². The number of fused-ring (bicyclic) bond motifs is 1. The molecule has 42 heavy (non-hydrogen) atoms. The van der Waals surface area contributed by atoms with Crippen LogP contribution in [0.5, 0.6) is 23.0 Å². The number of H-pyrrole nitrogens is 1. The maximum atomic E-state index is 11.9. The molecular weight excluding hydrogens is 550 g/mol. The van der Waals surface area contributed by atoms with Gasteiger partial charge in [0.25, 0.3) is 5.24 Å². The number of phenols is 1. The molecule has 0 spiro atoms. The first-order valence-electron chi connectivity index (χ1n) is 14.0. The van der Waals surface area contributed by atoms with Crippen LogP contribution in [0, 0.1) is 0 Å². The van der Waals surface area contributed by atoms with Crippen molar-refractivity contribution >= 4 is 33.9 Å². The molecule has 0 radical (unpaired) electrons. The van der Waals surface area contributed by atoms with Crippen LogP contribution in [0.3, 0.4) is 0 Å². The second-order valence-electron chi connectivity index (χ2n) is 12.8. The van der Waals surface area contributed by atoms with Crippen LogP contribution in [0.25, 0.3) is 11.0 Å². The smallest absolute Gasteiger partial charge is 0.286 e. The molecule has 1 aromatic heterocycles. The Kier molecular flexibility index (Phi) is 7.74. The first-order valence-corrected chi connectivity index (χ1v) is 14.9. The molecule has 0 aliphatic carbocycles. The Balaban J connectivity index is 1.31. The van der Waals surface area contributed by atoms with Crippen LogP contribution >= 0.6 is 11.8 Å². The van der Waals surface area contributed by atoms with Crippen molar-refractivity contribution in [2.75, 3.05) is 0 Å². The van der Waals surface area contributed by atoms with E-state index in [1.807, 2.05) is 61.5 Å². The number of benzene rings is 3. The molecule has 3 aromatic carbocycles. The topological polar surface area (TPSA) is 114 Å². The van der Waals surface area contributed by atoms with Crippen LogP contribution in [-0.4, -0.2) is 31.5 Å². The summed E-state index contributed by atoms with van der Waals surface area (Å²) < 4.78 is 12.4. The molecule has 0 saturated carbocycles. The summed E-state index contributed by atoms with van der Waals surface area (Å²) in [4.78, 5) is 31.3. The number of carbonyl (C=O) groups is 2. The van der Waals surface area contributed by atoms with Gasteiger partial charge in [-0.15, -0.1) is 0 Å². The number of amides is 2. The Labute approximate surface area is 250 Å². The Hall–Kier alpha value is -3.98. The lowest BCUT2D eigenvalue weighted by Gasteiger charge is -2.28. The van der Waals surface area contributed by atoms with E-state index in [0.29, 0.717) is 35.2 Å². The van der Waals surface area contributed by atoms with Gasteiger partial charge >= 0.3 is 0 Å². The molecule has 2 atom stereocenters. The summed E-state index contributed by atoms with van der Waals surface area (Å²) in [5.41, 5.74) is 3.73. The van der Waals surface area contributed by atoms with E-state index in [4.69, 9.17) is 14.5 Å². The lowest BCUT2D eigenvalue weighted by atomic mass is 9.79. The number of nitrogens with zero attached hydrogens (tertiary/aromatic N) is 1. The minimum atomic E-state index is -0.400. The van der Waals surface area contributed by atoms with Gasteiger partial charge in [-0.2, -0.15) is 0 Å². The summed E-state index contributed by atoms with van der Waals surface area (Å²) in [6.07, 6.45) is 0.132. The molecule has 8 nitrogen and oxygen atoms in total. The highest BCUT2D eigenvalue weighted by molar-refractivity contribution is 8.15. The van der Waals surface area contributed by atoms with E-state index in [1.165, 1.54) is 0 Å². The third-order valence-electron chi connectivity index (χ3n) is 7.22. The number of nitrogens with one attached hydrogen (secondary N) is 2. The minimum absolute atomic E-state index is 0.246. The highest BCUT2D eigenvalue weighted by Crippen LogP contribution is 2.42. The highest BCUT2D eigenvalue weighted by atomic mass is 32.2. The number of imidazole rings is 1. The molecule has 4 aromatic rings. The maximum Gasteiger partial charge on any atom is 0.286 e. The summed E-state index contributed by atoms with van der Waals surface area (Å²) in [5, 5.41) is 12.7. The molecule has 9 heteroatoms. The van der Waals surface area contributed by atoms with Gasteiger partial charge < -0.3 is 19.6 Å². The molecule has 1 saturated heterocycles. The van der Waals surface area contributed by atoms with Crippen LogP contribution in [-0.2, 0) is 22.0 Å². The normalized spacial score (nSPS) is 16.5. The number of imide groups is 1. The van der Waals surface area contributed by atoms with E-state index < -0.39 is 5.25 Å². The number of ether oxygens (including phenoxy) is 2. The summed E-state index contributed by atoms with van der Waals surface area (Å²) >= 11 is 1.02. The zero-order chi connectivity index (χ0) is 30.4. The molecule has 1 fully saturated rings. The molecule has 2 unspecified atom stereocenters.